The average molecular weight is 255 g/mol. The molecule has 4 heteroatoms. The standard InChI is InChI=1S/C13H21NO2S/c1-9(2)12(5)14-17(15,16)13-7-6-10(3)11(4)8-13/h6-9,12,14H,1-5H3/t12-/m1/s1. The second-order valence-corrected chi connectivity index (χ2v) is 6.61. The lowest BCUT2D eigenvalue weighted by Crippen LogP contribution is -2.36. The maximum atomic E-state index is 12.1. The Kier molecular flexibility index (Phi) is 4.33. The largest absolute Gasteiger partial charge is 0.240 e. The Hall–Kier alpha value is -0.870. The fourth-order valence-electron chi connectivity index (χ4n) is 1.33. The highest BCUT2D eigenvalue weighted by molar-refractivity contribution is 7.89. The van der Waals surface area contributed by atoms with Gasteiger partial charge in [0.25, 0.3) is 0 Å². The predicted molar refractivity (Wildman–Crippen MR) is 70.5 cm³/mol. The first-order valence-corrected chi connectivity index (χ1v) is 7.32. The van der Waals surface area contributed by atoms with Crippen LogP contribution in [-0.2, 0) is 10.0 Å². The molecule has 0 fully saturated rings. The van der Waals surface area contributed by atoms with E-state index in [4.69, 9.17) is 0 Å². The zero-order valence-electron chi connectivity index (χ0n) is 11.1. The second-order valence-electron chi connectivity index (χ2n) is 4.90. The summed E-state index contributed by atoms with van der Waals surface area (Å²) in [5.74, 6) is 0.274. The molecule has 0 saturated heterocycles. The molecule has 3 nitrogen and oxygen atoms in total. The molecule has 0 heterocycles. The summed E-state index contributed by atoms with van der Waals surface area (Å²) in [6.45, 7) is 9.75. The van der Waals surface area contributed by atoms with Crippen LogP contribution in [0.15, 0.2) is 23.1 Å². The van der Waals surface area contributed by atoms with Gasteiger partial charge < -0.3 is 0 Å². The molecule has 0 aliphatic carbocycles. The van der Waals surface area contributed by atoms with Crippen molar-refractivity contribution < 1.29 is 8.42 Å². The zero-order valence-corrected chi connectivity index (χ0v) is 11.9. The number of benzene rings is 1. The lowest BCUT2D eigenvalue weighted by atomic mass is 10.1. The average Bonchev–Trinajstić information content (AvgIpc) is 2.21. The van der Waals surface area contributed by atoms with Crippen molar-refractivity contribution in [2.45, 2.75) is 45.6 Å². The van der Waals surface area contributed by atoms with E-state index in [1.165, 1.54) is 0 Å². The number of aryl methyl sites for hydroxylation is 2. The summed E-state index contributed by atoms with van der Waals surface area (Å²) < 4.78 is 26.9. The van der Waals surface area contributed by atoms with Crippen LogP contribution < -0.4 is 4.72 Å². The van der Waals surface area contributed by atoms with Gasteiger partial charge >= 0.3 is 0 Å². The van der Waals surface area contributed by atoms with Crippen molar-refractivity contribution in [2.24, 2.45) is 5.92 Å². The Morgan fingerprint density at radius 1 is 1.06 bits per heavy atom. The van der Waals surface area contributed by atoms with Gasteiger partial charge in [-0.15, -0.1) is 0 Å². The van der Waals surface area contributed by atoms with Gasteiger partial charge in [-0.05, 0) is 49.9 Å². The van der Waals surface area contributed by atoms with Crippen LogP contribution >= 0.6 is 0 Å². The fourth-order valence-corrected chi connectivity index (χ4v) is 2.81. The van der Waals surface area contributed by atoms with Crippen LogP contribution in [0.25, 0.3) is 0 Å². The van der Waals surface area contributed by atoms with Crippen molar-refractivity contribution in [1.29, 1.82) is 0 Å². The molecule has 0 saturated carbocycles. The summed E-state index contributed by atoms with van der Waals surface area (Å²) in [6.07, 6.45) is 0. The van der Waals surface area contributed by atoms with E-state index >= 15 is 0 Å². The van der Waals surface area contributed by atoms with Crippen LogP contribution in [0.2, 0.25) is 0 Å². The Morgan fingerprint density at radius 2 is 1.65 bits per heavy atom. The SMILES string of the molecule is Cc1ccc(S(=O)(=O)N[C@H](C)C(C)C)cc1C. The van der Waals surface area contributed by atoms with Gasteiger partial charge in [-0.25, -0.2) is 13.1 Å². The molecular weight excluding hydrogens is 234 g/mol. The molecule has 0 unspecified atom stereocenters. The Labute approximate surface area is 104 Å². The molecule has 96 valence electrons. The van der Waals surface area contributed by atoms with E-state index in [0.29, 0.717) is 4.90 Å². The second kappa shape index (κ2) is 5.19. The summed E-state index contributed by atoms with van der Waals surface area (Å²) in [7, 11) is -3.39. The highest BCUT2D eigenvalue weighted by Gasteiger charge is 2.19. The van der Waals surface area contributed by atoms with Crippen LogP contribution in [0.1, 0.15) is 31.9 Å². The number of nitrogens with one attached hydrogen (secondary N) is 1. The van der Waals surface area contributed by atoms with Gasteiger partial charge in [0.05, 0.1) is 4.90 Å². The van der Waals surface area contributed by atoms with Gasteiger partial charge in [0, 0.05) is 6.04 Å². The number of hydrogen-bond donors (Lipinski definition) is 1. The normalized spacial score (nSPS) is 14.0. The topological polar surface area (TPSA) is 46.2 Å². The van der Waals surface area contributed by atoms with Crippen molar-refractivity contribution in [3.05, 3.63) is 29.3 Å². The summed E-state index contributed by atoms with van der Waals surface area (Å²) in [6, 6.07) is 5.13. The minimum absolute atomic E-state index is 0.0680. The third-order valence-corrected chi connectivity index (χ3v) is 4.69. The Balaban J connectivity index is 3.01. The molecule has 0 aliphatic heterocycles. The molecular formula is C13H21NO2S. The van der Waals surface area contributed by atoms with Crippen LogP contribution in [0.5, 0.6) is 0 Å². The van der Waals surface area contributed by atoms with E-state index in [1.807, 2.05) is 40.7 Å². The predicted octanol–water partition coefficient (Wildman–Crippen LogP) is 2.63. The van der Waals surface area contributed by atoms with E-state index < -0.39 is 10.0 Å². The van der Waals surface area contributed by atoms with Gasteiger partial charge in [-0.3, -0.25) is 0 Å². The fraction of sp³-hybridized carbons (Fsp3) is 0.538. The van der Waals surface area contributed by atoms with Gasteiger partial charge in [-0.1, -0.05) is 19.9 Å². The van der Waals surface area contributed by atoms with Gasteiger partial charge in [0.2, 0.25) is 10.0 Å². The smallest absolute Gasteiger partial charge is 0.208 e. The molecule has 0 radical (unpaired) electrons. The molecule has 0 bridgehead atoms. The highest BCUT2D eigenvalue weighted by Crippen LogP contribution is 2.15. The minimum atomic E-state index is -3.39. The molecule has 1 aromatic rings. The monoisotopic (exact) mass is 255 g/mol. The van der Waals surface area contributed by atoms with E-state index in [-0.39, 0.29) is 12.0 Å². The maximum absolute atomic E-state index is 12.1. The number of sulfonamides is 1. The van der Waals surface area contributed by atoms with E-state index in [0.717, 1.165) is 11.1 Å². The van der Waals surface area contributed by atoms with Crippen LogP contribution in [-0.4, -0.2) is 14.5 Å². The van der Waals surface area contributed by atoms with Crippen molar-refractivity contribution in [2.75, 3.05) is 0 Å². The number of hydrogen-bond acceptors (Lipinski definition) is 2. The first-order valence-electron chi connectivity index (χ1n) is 5.83. The van der Waals surface area contributed by atoms with Crippen LogP contribution in [0.3, 0.4) is 0 Å². The Bertz CT molecular complexity index is 492. The molecule has 1 rings (SSSR count). The first-order chi connectivity index (χ1) is 7.74. The summed E-state index contributed by atoms with van der Waals surface area (Å²) >= 11 is 0. The van der Waals surface area contributed by atoms with Crippen molar-refractivity contribution >= 4 is 10.0 Å². The van der Waals surface area contributed by atoms with E-state index in [2.05, 4.69) is 4.72 Å². The molecule has 0 amide bonds. The van der Waals surface area contributed by atoms with E-state index in [9.17, 15) is 8.42 Å². The summed E-state index contributed by atoms with van der Waals surface area (Å²) in [4.78, 5) is 0.341. The maximum Gasteiger partial charge on any atom is 0.240 e. The molecule has 1 N–H and O–H groups in total. The minimum Gasteiger partial charge on any atom is -0.208 e. The third-order valence-electron chi connectivity index (χ3n) is 3.13. The molecule has 0 spiro atoms. The Morgan fingerprint density at radius 3 is 2.12 bits per heavy atom. The van der Waals surface area contributed by atoms with Crippen molar-refractivity contribution in [3.8, 4) is 0 Å². The number of rotatable bonds is 4. The third kappa shape index (κ3) is 3.54. The molecule has 17 heavy (non-hydrogen) atoms. The van der Waals surface area contributed by atoms with Gasteiger partial charge in [0.1, 0.15) is 0 Å². The summed E-state index contributed by atoms with van der Waals surface area (Å²) in [5, 5.41) is 0. The van der Waals surface area contributed by atoms with Crippen molar-refractivity contribution in [3.63, 3.8) is 0 Å². The molecule has 0 aromatic heterocycles. The molecule has 0 aliphatic rings. The van der Waals surface area contributed by atoms with Crippen LogP contribution in [0, 0.1) is 19.8 Å². The molecule has 1 aromatic carbocycles. The van der Waals surface area contributed by atoms with Crippen LogP contribution in [0.4, 0.5) is 0 Å². The first kappa shape index (κ1) is 14.2. The van der Waals surface area contributed by atoms with Gasteiger partial charge in [0.15, 0.2) is 0 Å². The van der Waals surface area contributed by atoms with E-state index in [1.54, 1.807) is 12.1 Å². The highest BCUT2D eigenvalue weighted by atomic mass is 32.2. The lowest BCUT2D eigenvalue weighted by molar-refractivity contribution is 0.476. The van der Waals surface area contributed by atoms with Crippen molar-refractivity contribution in [1.82, 2.24) is 4.72 Å². The zero-order chi connectivity index (χ0) is 13.2. The quantitative estimate of drug-likeness (QED) is 0.899. The summed E-state index contributed by atoms with van der Waals surface area (Å²) in [5.41, 5.74) is 2.09. The molecule has 1 atom stereocenters. The van der Waals surface area contributed by atoms with Gasteiger partial charge in [-0.2, -0.15) is 0 Å². The lowest BCUT2D eigenvalue weighted by Gasteiger charge is -2.17.